The third kappa shape index (κ3) is 1.83. The minimum Gasteiger partial charge on any atom is -0.508 e. The Bertz CT molecular complexity index is 669. The van der Waals surface area contributed by atoms with Crippen LogP contribution in [0.3, 0.4) is 0 Å². The topological polar surface area (TPSA) is 40.5 Å². The lowest BCUT2D eigenvalue weighted by Gasteiger charge is -2.54. The molecule has 2 aliphatic rings. The highest BCUT2D eigenvalue weighted by molar-refractivity contribution is 5.75. The van der Waals surface area contributed by atoms with Crippen molar-refractivity contribution in [2.45, 2.75) is 52.1 Å². The Morgan fingerprint density at radius 1 is 1.32 bits per heavy atom. The van der Waals surface area contributed by atoms with Gasteiger partial charge in [-0.2, -0.15) is 0 Å². The van der Waals surface area contributed by atoms with E-state index in [4.69, 9.17) is 0 Å². The van der Waals surface area contributed by atoms with Gasteiger partial charge >= 0.3 is 0 Å². The first-order valence-electron chi connectivity index (χ1n) is 8.09. The van der Waals surface area contributed by atoms with Gasteiger partial charge in [-0.3, -0.25) is 0 Å². The Labute approximate surface area is 133 Å². The summed E-state index contributed by atoms with van der Waals surface area (Å²) < 4.78 is 0. The molecule has 2 N–H and O–H groups in total. The smallest absolute Gasteiger partial charge is 0.119 e. The van der Waals surface area contributed by atoms with Gasteiger partial charge in [0.25, 0.3) is 0 Å². The molecule has 0 unspecified atom stereocenters. The molecule has 3 atom stereocenters. The molecule has 0 saturated heterocycles. The summed E-state index contributed by atoms with van der Waals surface area (Å²) >= 11 is 0. The summed E-state index contributed by atoms with van der Waals surface area (Å²) in [5.41, 5.74) is 4.05. The Balaban J connectivity index is 2.26. The van der Waals surface area contributed by atoms with E-state index < -0.39 is 0 Å². The quantitative estimate of drug-likeness (QED) is 0.805. The van der Waals surface area contributed by atoms with E-state index in [-0.39, 0.29) is 22.9 Å². The SMILES string of the molecule is C=Cc1c(C)c(O)cc2c1C=C[C@@H]1C(C)(C)[C@H](O)CC[C@@]21C. The van der Waals surface area contributed by atoms with E-state index in [9.17, 15) is 10.2 Å². The molecule has 1 aromatic rings. The van der Waals surface area contributed by atoms with Gasteiger partial charge < -0.3 is 10.2 Å². The largest absolute Gasteiger partial charge is 0.508 e. The fraction of sp³-hybridized carbons (Fsp3) is 0.500. The Morgan fingerprint density at radius 2 is 2.00 bits per heavy atom. The molecular weight excluding hydrogens is 272 g/mol. The van der Waals surface area contributed by atoms with Crippen molar-refractivity contribution < 1.29 is 10.2 Å². The summed E-state index contributed by atoms with van der Waals surface area (Å²) in [5, 5.41) is 20.8. The van der Waals surface area contributed by atoms with E-state index in [0.717, 1.165) is 24.0 Å². The van der Waals surface area contributed by atoms with Gasteiger partial charge in [0.2, 0.25) is 0 Å². The van der Waals surface area contributed by atoms with Crippen molar-refractivity contribution in [3.8, 4) is 5.75 Å². The summed E-state index contributed by atoms with van der Waals surface area (Å²) in [4.78, 5) is 0. The van der Waals surface area contributed by atoms with Crippen LogP contribution in [-0.4, -0.2) is 16.3 Å². The molecular formula is C20H26O2. The molecule has 0 aromatic heterocycles. The van der Waals surface area contributed by atoms with Crippen molar-refractivity contribution in [2.75, 3.05) is 0 Å². The van der Waals surface area contributed by atoms with Crippen molar-refractivity contribution in [3.05, 3.63) is 41.0 Å². The molecule has 2 nitrogen and oxygen atoms in total. The fourth-order valence-corrected chi connectivity index (χ4v) is 4.67. The van der Waals surface area contributed by atoms with Crippen molar-refractivity contribution in [3.63, 3.8) is 0 Å². The van der Waals surface area contributed by atoms with Crippen LogP contribution in [0, 0.1) is 18.3 Å². The lowest BCUT2D eigenvalue weighted by molar-refractivity contribution is -0.0483. The molecule has 0 aliphatic heterocycles. The zero-order chi connectivity index (χ0) is 16.3. The predicted octanol–water partition coefficient (Wildman–Crippen LogP) is 4.43. The number of hydrogen-bond acceptors (Lipinski definition) is 2. The van der Waals surface area contributed by atoms with E-state index in [1.54, 1.807) is 0 Å². The number of rotatable bonds is 1. The summed E-state index contributed by atoms with van der Waals surface area (Å²) in [5.74, 6) is 0.601. The van der Waals surface area contributed by atoms with E-state index >= 15 is 0 Å². The van der Waals surface area contributed by atoms with Gasteiger partial charge in [-0.25, -0.2) is 0 Å². The standard InChI is InChI=1S/C20H26O2/c1-6-13-12(2)16(21)11-15-14(13)7-8-17-19(3,4)18(22)9-10-20(15,17)5/h6-8,11,17-18,21-22H,1,9-10H2,2-5H3/t17-,18-,20+/m1/s1. The van der Waals surface area contributed by atoms with Crippen molar-refractivity contribution in [1.82, 2.24) is 0 Å². The number of benzene rings is 1. The highest BCUT2D eigenvalue weighted by Gasteiger charge is 2.52. The molecule has 3 rings (SSSR count). The lowest BCUT2D eigenvalue weighted by atomic mass is 9.51. The molecule has 2 aliphatic carbocycles. The van der Waals surface area contributed by atoms with E-state index in [0.29, 0.717) is 5.75 Å². The number of phenolic OH excluding ortho intramolecular Hbond substituents is 1. The second-order valence-electron chi connectivity index (χ2n) is 7.73. The first-order chi connectivity index (χ1) is 10.2. The second kappa shape index (κ2) is 4.73. The number of allylic oxidation sites excluding steroid dienone is 1. The van der Waals surface area contributed by atoms with Crippen LogP contribution in [0.15, 0.2) is 18.7 Å². The van der Waals surface area contributed by atoms with Gasteiger partial charge in [0, 0.05) is 5.41 Å². The van der Waals surface area contributed by atoms with Gasteiger partial charge in [0.1, 0.15) is 5.75 Å². The van der Waals surface area contributed by atoms with Crippen molar-refractivity contribution in [2.24, 2.45) is 11.3 Å². The van der Waals surface area contributed by atoms with Crippen LogP contribution in [0.2, 0.25) is 0 Å². The summed E-state index contributed by atoms with van der Waals surface area (Å²) in [7, 11) is 0. The minimum atomic E-state index is -0.283. The first-order valence-corrected chi connectivity index (χ1v) is 8.09. The summed E-state index contributed by atoms with van der Waals surface area (Å²) in [6.07, 6.45) is 7.70. The van der Waals surface area contributed by atoms with Crippen molar-refractivity contribution in [1.29, 1.82) is 0 Å². The predicted molar refractivity (Wildman–Crippen MR) is 91.8 cm³/mol. The number of aliphatic hydroxyl groups is 1. The minimum absolute atomic E-state index is 0.0598. The van der Waals surface area contributed by atoms with Crippen LogP contribution < -0.4 is 0 Å². The van der Waals surface area contributed by atoms with Gasteiger partial charge in [-0.05, 0) is 59.4 Å². The highest BCUT2D eigenvalue weighted by atomic mass is 16.3. The third-order valence-corrected chi connectivity index (χ3v) is 6.21. The number of aromatic hydroxyl groups is 1. The van der Waals surface area contributed by atoms with E-state index in [2.05, 4.69) is 39.5 Å². The molecule has 1 fully saturated rings. The molecule has 0 amide bonds. The van der Waals surface area contributed by atoms with Crippen LogP contribution in [-0.2, 0) is 5.41 Å². The molecule has 0 spiro atoms. The molecule has 0 bridgehead atoms. The summed E-state index contributed by atoms with van der Waals surface area (Å²) in [6, 6.07) is 1.93. The molecule has 0 heterocycles. The number of hydrogen-bond donors (Lipinski definition) is 2. The molecule has 2 heteroatoms. The van der Waals surface area contributed by atoms with Gasteiger partial charge in [-0.15, -0.1) is 0 Å². The average molecular weight is 298 g/mol. The summed E-state index contributed by atoms with van der Waals surface area (Å²) in [6.45, 7) is 12.4. The van der Waals surface area contributed by atoms with Gasteiger partial charge in [0.15, 0.2) is 0 Å². The molecule has 1 saturated carbocycles. The zero-order valence-electron chi connectivity index (χ0n) is 14.0. The average Bonchev–Trinajstić information content (AvgIpc) is 2.46. The Morgan fingerprint density at radius 3 is 2.64 bits per heavy atom. The van der Waals surface area contributed by atoms with Crippen LogP contribution in [0.4, 0.5) is 0 Å². The number of aliphatic hydroxyl groups excluding tert-OH is 1. The monoisotopic (exact) mass is 298 g/mol. The third-order valence-electron chi connectivity index (χ3n) is 6.21. The Kier molecular flexibility index (Phi) is 3.30. The second-order valence-corrected chi connectivity index (χ2v) is 7.73. The molecule has 0 radical (unpaired) electrons. The van der Waals surface area contributed by atoms with Gasteiger partial charge in [-0.1, -0.05) is 45.6 Å². The fourth-order valence-electron chi connectivity index (χ4n) is 4.67. The maximum Gasteiger partial charge on any atom is 0.119 e. The number of fused-ring (bicyclic) bond motifs is 3. The lowest BCUT2D eigenvalue weighted by Crippen LogP contribution is -2.52. The number of phenols is 1. The van der Waals surface area contributed by atoms with E-state index in [1.165, 1.54) is 11.1 Å². The molecule has 22 heavy (non-hydrogen) atoms. The maximum atomic E-state index is 10.4. The van der Waals surface area contributed by atoms with Crippen molar-refractivity contribution >= 4 is 12.2 Å². The van der Waals surface area contributed by atoms with Crippen LogP contribution >= 0.6 is 0 Å². The maximum absolute atomic E-state index is 10.4. The van der Waals surface area contributed by atoms with Gasteiger partial charge in [0.05, 0.1) is 6.10 Å². The zero-order valence-corrected chi connectivity index (χ0v) is 14.0. The molecule has 1 aromatic carbocycles. The first kappa shape index (κ1) is 15.4. The highest BCUT2D eigenvalue weighted by Crippen LogP contribution is 2.56. The normalized spacial score (nSPS) is 32.2. The van der Waals surface area contributed by atoms with E-state index in [1.807, 2.05) is 19.1 Å². The molecule has 118 valence electrons. The Hall–Kier alpha value is -1.54. The van der Waals surface area contributed by atoms with Crippen LogP contribution in [0.5, 0.6) is 5.75 Å². The van der Waals surface area contributed by atoms with Crippen LogP contribution in [0.1, 0.15) is 55.9 Å². The van der Waals surface area contributed by atoms with Crippen LogP contribution in [0.25, 0.3) is 12.2 Å².